The predicted octanol–water partition coefficient (Wildman–Crippen LogP) is 3.28. The van der Waals surface area contributed by atoms with Crippen LogP contribution in [-0.2, 0) is 9.53 Å². The zero-order chi connectivity index (χ0) is 18.3. The first kappa shape index (κ1) is 24.5. The highest BCUT2D eigenvalue weighted by atomic mass is 127. The Kier molecular flexibility index (Phi) is 14.8. The number of unbranched alkanes of at least 4 members (excludes halogenated alkanes) is 2. The van der Waals surface area contributed by atoms with Crippen molar-refractivity contribution in [1.82, 2.24) is 10.6 Å². The summed E-state index contributed by atoms with van der Waals surface area (Å²) in [6, 6.07) is 8.02. The molecule has 0 saturated carbocycles. The number of nitrogens with one attached hydrogen (secondary N) is 2. The number of methoxy groups -OCH3 is 1. The summed E-state index contributed by atoms with van der Waals surface area (Å²) >= 11 is 0. The molecule has 26 heavy (non-hydrogen) atoms. The maximum atomic E-state index is 11.0. The minimum absolute atomic E-state index is 0. The smallest absolute Gasteiger partial charge is 0.305 e. The molecule has 0 saturated heterocycles. The predicted molar refractivity (Wildman–Crippen MR) is 117 cm³/mol. The van der Waals surface area contributed by atoms with Crippen molar-refractivity contribution in [3.8, 4) is 5.75 Å². The first-order valence-corrected chi connectivity index (χ1v) is 8.94. The van der Waals surface area contributed by atoms with Gasteiger partial charge in [0.05, 0.1) is 13.7 Å². The lowest BCUT2D eigenvalue weighted by Crippen LogP contribution is -2.39. The van der Waals surface area contributed by atoms with E-state index in [1.165, 1.54) is 12.7 Å². The molecule has 1 rings (SSSR count). The second-order valence-corrected chi connectivity index (χ2v) is 5.74. The SMILES string of the molecule is CCNC(=NCCCCCC(=O)OC)NCCOc1ccc(C)cc1.I. The van der Waals surface area contributed by atoms with Gasteiger partial charge in [-0.15, -0.1) is 24.0 Å². The number of hydrogen-bond donors (Lipinski definition) is 2. The maximum absolute atomic E-state index is 11.0. The molecule has 1 aromatic carbocycles. The number of nitrogens with zero attached hydrogens (tertiary/aromatic N) is 1. The van der Waals surface area contributed by atoms with Crippen LogP contribution in [-0.4, -0.2) is 45.3 Å². The van der Waals surface area contributed by atoms with Crippen LogP contribution in [0.15, 0.2) is 29.3 Å². The topological polar surface area (TPSA) is 72.0 Å². The van der Waals surface area contributed by atoms with E-state index >= 15 is 0 Å². The van der Waals surface area contributed by atoms with E-state index in [0.717, 1.165) is 44.1 Å². The number of esters is 1. The summed E-state index contributed by atoms with van der Waals surface area (Å²) in [7, 11) is 1.42. The number of hydrogen-bond acceptors (Lipinski definition) is 4. The molecule has 0 spiro atoms. The Balaban J connectivity index is 0.00000625. The van der Waals surface area contributed by atoms with Gasteiger partial charge in [-0.1, -0.05) is 24.1 Å². The molecule has 0 heterocycles. The average Bonchev–Trinajstić information content (AvgIpc) is 2.62. The minimum atomic E-state index is -0.146. The second kappa shape index (κ2) is 15.7. The lowest BCUT2D eigenvalue weighted by atomic mass is 10.2. The maximum Gasteiger partial charge on any atom is 0.305 e. The summed E-state index contributed by atoms with van der Waals surface area (Å²) < 4.78 is 10.3. The van der Waals surface area contributed by atoms with E-state index in [0.29, 0.717) is 19.6 Å². The van der Waals surface area contributed by atoms with Gasteiger partial charge >= 0.3 is 5.97 Å². The molecule has 0 fully saturated rings. The summed E-state index contributed by atoms with van der Waals surface area (Å²) in [5.41, 5.74) is 1.22. The number of ether oxygens (including phenoxy) is 2. The van der Waals surface area contributed by atoms with Gasteiger partial charge in [-0.2, -0.15) is 0 Å². The van der Waals surface area contributed by atoms with Crippen LogP contribution in [0.5, 0.6) is 5.75 Å². The zero-order valence-corrected chi connectivity index (χ0v) is 18.4. The van der Waals surface area contributed by atoms with Gasteiger partial charge in [-0.3, -0.25) is 9.79 Å². The third-order valence-corrected chi connectivity index (χ3v) is 3.57. The standard InChI is InChI=1S/C19H31N3O3.HI/c1-4-20-19(21-13-7-5-6-8-18(23)24-3)22-14-15-25-17-11-9-16(2)10-12-17;/h9-12H,4-8,13-15H2,1-3H3,(H2,20,21,22);1H. The fourth-order valence-electron chi connectivity index (χ4n) is 2.17. The Morgan fingerprint density at radius 3 is 2.50 bits per heavy atom. The summed E-state index contributed by atoms with van der Waals surface area (Å²) in [6.45, 7) is 6.90. The number of guanidine groups is 1. The third-order valence-electron chi connectivity index (χ3n) is 3.57. The van der Waals surface area contributed by atoms with E-state index in [2.05, 4.69) is 27.3 Å². The summed E-state index contributed by atoms with van der Waals surface area (Å²) in [4.78, 5) is 15.6. The van der Waals surface area contributed by atoms with Gasteiger partial charge in [-0.25, -0.2) is 0 Å². The molecule has 0 aliphatic carbocycles. The molecular formula is C19H32IN3O3. The van der Waals surface area contributed by atoms with E-state index in [9.17, 15) is 4.79 Å². The largest absolute Gasteiger partial charge is 0.492 e. The molecule has 7 heteroatoms. The van der Waals surface area contributed by atoms with Crippen LogP contribution >= 0.6 is 24.0 Å². The lowest BCUT2D eigenvalue weighted by molar-refractivity contribution is -0.140. The molecule has 0 radical (unpaired) electrons. The molecule has 0 aliphatic rings. The van der Waals surface area contributed by atoms with Crippen molar-refractivity contribution in [3.05, 3.63) is 29.8 Å². The number of aryl methyl sites for hydroxylation is 1. The molecule has 0 unspecified atom stereocenters. The van der Waals surface area contributed by atoms with Crippen LogP contribution in [0.25, 0.3) is 0 Å². The van der Waals surface area contributed by atoms with Crippen LogP contribution < -0.4 is 15.4 Å². The number of benzene rings is 1. The van der Waals surface area contributed by atoms with E-state index < -0.39 is 0 Å². The quantitative estimate of drug-likeness (QED) is 0.168. The van der Waals surface area contributed by atoms with Crippen molar-refractivity contribution >= 4 is 35.9 Å². The van der Waals surface area contributed by atoms with E-state index in [4.69, 9.17) is 4.74 Å². The highest BCUT2D eigenvalue weighted by molar-refractivity contribution is 14.0. The van der Waals surface area contributed by atoms with Gasteiger partial charge in [0.15, 0.2) is 5.96 Å². The fraction of sp³-hybridized carbons (Fsp3) is 0.579. The van der Waals surface area contributed by atoms with Crippen LogP contribution in [0.2, 0.25) is 0 Å². The molecule has 2 N–H and O–H groups in total. The first-order chi connectivity index (χ1) is 12.2. The first-order valence-electron chi connectivity index (χ1n) is 8.94. The molecule has 0 bridgehead atoms. The fourth-order valence-corrected chi connectivity index (χ4v) is 2.17. The Morgan fingerprint density at radius 2 is 1.85 bits per heavy atom. The Morgan fingerprint density at radius 1 is 1.12 bits per heavy atom. The average molecular weight is 477 g/mol. The molecular weight excluding hydrogens is 445 g/mol. The molecule has 6 nitrogen and oxygen atoms in total. The van der Waals surface area contributed by atoms with Crippen molar-refractivity contribution in [2.24, 2.45) is 4.99 Å². The third kappa shape index (κ3) is 11.9. The molecule has 1 aromatic rings. The van der Waals surface area contributed by atoms with E-state index in [1.54, 1.807) is 0 Å². The highest BCUT2D eigenvalue weighted by Gasteiger charge is 2.00. The van der Waals surface area contributed by atoms with Crippen LogP contribution in [0.4, 0.5) is 0 Å². The zero-order valence-electron chi connectivity index (χ0n) is 16.0. The van der Waals surface area contributed by atoms with Gasteiger partial charge < -0.3 is 20.1 Å². The molecule has 0 aliphatic heterocycles. The van der Waals surface area contributed by atoms with Gasteiger partial charge in [0, 0.05) is 19.5 Å². The van der Waals surface area contributed by atoms with Crippen LogP contribution in [0.1, 0.15) is 38.2 Å². The lowest BCUT2D eigenvalue weighted by Gasteiger charge is -2.12. The second-order valence-electron chi connectivity index (χ2n) is 5.74. The molecule has 0 aromatic heterocycles. The Labute approximate surface area is 174 Å². The Bertz CT molecular complexity index is 521. The number of aliphatic imine (C=N–C) groups is 1. The monoisotopic (exact) mass is 477 g/mol. The van der Waals surface area contributed by atoms with E-state index in [1.807, 2.05) is 31.2 Å². The summed E-state index contributed by atoms with van der Waals surface area (Å²) in [5.74, 6) is 1.52. The number of halogens is 1. The number of rotatable bonds is 11. The van der Waals surface area contributed by atoms with Crippen molar-refractivity contribution < 1.29 is 14.3 Å². The molecule has 148 valence electrons. The molecule has 0 amide bonds. The Hall–Kier alpha value is -1.51. The van der Waals surface area contributed by atoms with Crippen molar-refractivity contribution in [1.29, 1.82) is 0 Å². The van der Waals surface area contributed by atoms with Gasteiger partial charge in [0.1, 0.15) is 12.4 Å². The van der Waals surface area contributed by atoms with Gasteiger partial charge in [-0.05, 0) is 38.8 Å². The minimum Gasteiger partial charge on any atom is -0.492 e. The summed E-state index contributed by atoms with van der Waals surface area (Å²) in [5, 5.41) is 6.48. The van der Waals surface area contributed by atoms with Crippen molar-refractivity contribution in [2.45, 2.75) is 39.5 Å². The van der Waals surface area contributed by atoms with Crippen molar-refractivity contribution in [2.75, 3.05) is 33.4 Å². The molecule has 0 atom stereocenters. The van der Waals surface area contributed by atoms with Crippen molar-refractivity contribution in [3.63, 3.8) is 0 Å². The highest BCUT2D eigenvalue weighted by Crippen LogP contribution is 2.10. The van der Waals surface area contributed by atoms with Gasteiger partial charge in [0.25, 0.3) is 0 Å². The summed E-state index contributed by atoms with van der Waals surface area (Å²) in [6.07, 6.45) is 3.24. The number of carbonyl (C=O) groups excluding carboxylic acids is 1. The van der Waals surface area contributed by atoms with Gasteiger partial charge in [0.2, 0.25) is 0 Å². The van der Waals surface area contributed by atoms with Crippen LogP contribution in [0, 0.1) is 6.92 Å². The van der Waals surface area contributed by atoms with Crippen LogP contribution in [0.3, 0.4) is 0 Å². The number of carbonyl (C=O) groups is 1. The normalized spacial score (nSPS) is 10.7. The van der Waals surface area contributed by atoms with E-state index in [-0.39, 0.29) is 29.9 Å².